The molecule has 3 heterocycles. The molecular formula is C11H13N3O2. The van der Waals surface area contributed by atoms with Crippen LogP contribution in [0.15, 0.2) is 23.1 Å². The second kappa shape index (κ2) is 3.75. The number of nitrogens with one attached hydrogen (secondary N) is 1. The lowest BCUT2D eigenvalue weighted by Crippen LogP contribution is -2.15. The van der Waals surface area contributed by atoms with Gasteiger partial charge in [-0.3, -0.25) is 9.89 Å². The minimum absolute atomic E-state index is 0.00923. The summed E-state index contributed by atoms with van der Waals surface area (Å²) in [5, 5.41) is 3.20. The molecular weight excluding hydrogens is 206 g/mol. The monoisotopic (exact) mass is 219 g/mol. The van der Waals surface area contributed by atoms with E-state index < -0.39 is 0 Å². The van der Waals surface area contributed by atoms with Crippen LogP contribution in [-0.2, 0) is 4.74 Å². The molecule has 1 aliphatic heterocycles. The third-order valence-corrected chi connectivity index (χ3v) is 2.98. The van der Waals surface area contributed by atoms with Crippen LogP contribution in [0.1, 0.15) is 24.6 Å². The Morgan fingerprint density at radius 2 is 2.25 bits per heavy atom. The second-order valence-electron chi connectivity index (χ2n) is 4.09. The normalized spacial score (nSPS) is 18.0. The van der Waals surface area contributed by atoms with Gasteiger partial charge in [-0.05, 0) is 12.8 Å². The molecule has 16 heavy (non-hydrogen) atoms. The Morgan fingerprint density at radius 3 is 3.06 bits per heavy atom. The Balaban J connectivity index is 2.00. The van der Waals surface area contributed by atoms with Crippen LogP contribution < -0.4 is 5.43 Å². The summed E-state index contributed by atoms with van der Waals surface area (Å²) < 4.78 is 7.10. The first-order valence-electron chi connectivity index (χ1n) is 5.49. The van der Waals surface area contributed by atoms with Gasteiger partial charge in [0.15, 0.2) is 11.1 Å². The summed E-state index contributed by atoms with van der Waals surface area (Å²) >= 11 is 0. The number of hydrogen-bond donors (Lipinski definition) is 1. The Bertz CT molecular complexity index is 552. The fourth-order valence-corrected chi connectivity index (χ4v) is 2.08. The molecule has 3 rings (SSSR count). The highest BCUT2D eigenvalue weighted by Crippen LogP contribution is 2.24. The van der Waals surface area contributed by atoms with Gasteiger partial charge in [0.2, 0.25) is 0 Å². The van der Waals surface area contributed by atoms with Crippen molar-refractivity contribution in [1.29, 1.82) is 0 Å². The Hall–Kier alpha value is -1.62. The average molecular weight is 219 g/mol. The molecule has 0 aliphatic carbocycles. The van der Waals surface area contributed by atoms with Gasteiger partial charge in [0.1, 0.15) is 5.82 Å². The standard InChI is InChI=1S/C11H13N3O2/c15-9-1-4-14-10(7-9)12-11(13-14)8-2-5-16-6-3-8/h1,4,7-8H,2-3,5-6H2,(H,12,13). The van der Waals surface area contributed by atoms with Crippen LogP contribution >= 0.6 is 0 Å². The first-order chi connectivity index (χ1) is 7.83. The molecule has 1 N–H and O–H groups in total. The van der Waals surface area contributed by atoms with Crippen LogP contribution in [0.3, 0.4) is 0 Å². The first kappa shape index (κ1) is 9.59. The van der Waals surface area contributed by atoms with Gasteiger partial charge in [-0.2, -0.15) is 0 Å². The molecule has 5 nitrogen and oxygen atoms in total. The van der Waals surface area contributed by atoms with Crippen LogP contribution in [0.5, 0.6) is 0 Å². The molecule has 0 radical (unpaired) electrons. The van der Waals surface area contributed by atoms with Gasteiger partial charge in [-0.1, -0.05) is 0 Å². The van der Waals surface area contributed by atoms with E-state index in [1.807, 2.05) is 0 Å². The minimum Gasteiger partial charge on any atom is -0.381 e. The molecule has 1 fully saturated rings. The Kier molecular flexibility index (Phi) is 2.25. The number of pyridine rings is 1. The zero-order valence-corrected chi connectivity index (χ0v) is 8.85. The summed E-state index contributed by atoms with van der Waals surface area (Å²) in [4.78, 5) is 15.6. The van der Waals surface area contributed by atoms with Crippen molar-refractivity contribution in [1.82, 2.24) is 14.6 Å². The molecule has 84 valence electrons. The molecule has 0 spiro atoms. The van der Waals surface area contributed by atoms with Gasteiger partial charge in [0.05, 0.1) is 0 Å². The van der Waals surface area contributed by atoms with E-state index in [0.717, 1.165) is 31.9 Å². The van der Waals surface area contributed by atoms with Crippen molar-refractivity contribution in [2.24, 2.45) is 0 Å². The number of hydrogen-bond acceptors (Lipinski definition) is 3. The topological polar surface area (TPSA) is 59.4 Å². The van der Waals surface area contributed by atoms with Gasteiger partial charge in [0.25, 0.3) is 0 Å². The zero-order chi connectivity index (χ0) is 11.0. The predicted octanol–water partition coefficient (Wildman–Crippen LogP) is 0.917. The lowest BCUT2D eigenvalue weighted by molar-refractivity contribution is 0.0836. The molecule has 0 amide bonds. The summed E-state index contributed by atoms with van der Waals surface area (Å²) in [6, 6.07) is 3.07. The number of ether oxygens (including phenoxy) is 1. The minimum atomic E-state index is -0.00923. The van der Waals surface area contributed by atoms with E-state index in [9.17, 15) is 4.79 Å². The Labute approximate surface area is 92.1 Å². The maximum atomic E-state index is 11.2. The van der Waals surface area contributed by atoms with E-state index in [4.69, 9.17) is 4.74 Å². The first-order valence-corrected chi connectivity index (χ1v) is 5.49. The highest BCUT2D eigenvalue weighted by atomic mass is 16.5. The van der Waals surface area contributed by atoms with Crippen LogP contribution in [0.2, 0.25) is 0 Å². The average Bonchev–Trinajstić information content (AvgIpc) is 2.73. The third kappa shape index (κ3) is 1.63. The third-order valence-electron chi connectivity index (χ3n) is 2.98. The summed E-state index contributed by atoms with van der Waals surface area (Å²) in [5.41, 5.74) is 0.680. The lowest BCUT2D eigenvalue weighted by Gasteiger charge is -2.19. The van der Waals surface area contributed by atoms with Gasteiger partial charge in [-0.15, -0.1) is 0 Å². The molecule has 0 bridgehead atoms. The number of nitrogens with zero attached hydrogens (tertiary/aromatic N) is 2. The quantitative estimate of drug-likeness (QED) is 0.775. The van der Waals surface area contributed by atoms with Crippen molar-refractivity contribution in [2.75, 3.05) is 13.2 Å². The summed E-state index contributed by atoms with van der Waals surface area (Å²) in [6.45, 7) is 1.58. The Morgan fingerprint density at radius 1 is 1.44 bits per heavy atom. The number of aromatic amines is 1. The molecule has 2 aromatic heterocycles. The number of fused-ring (bicyclic) bond motifs is 1. The van der Waals surface area contributed by atoms with E-state index in [2.05, 4.69) is 10.1 Å². The zero-order valence-electron chi connectivity index (χ0n) is 8.85. The van der Waals surface area contributed by atoms with Crippen LogP contribution in [-0.4, -0.2) is 27.8 Å². The number of aromatic nitrogens is 3. The molecule has 1 aliphatic rings. The SMILES string of the molecule is O=c1ccn2[nH]c(C3CCOCC3)nc2c1. The molecule has 5 heteroatoms. The highest BCUT2D eigenvalue weighted by molar-refractivity contribution is 5.36. The van der Waals surface area contributed by atoms with Crippen molar-refractivity contribution in [3.8, 4) is 0 Å². The van der Waals surface area contributed by atoms with Gasteiger partial charge >= 0.3 is 0 Å². The molecule has 0 saturated carbocycles. The molecule has 0 atom stereocenters. The van der Waals surface area contributed by atoms with Crippen LogP contribution in [0.4, 0.5) is 0 Å². The van der Waals surface area contributed by atoms with E-state index in [0.29, 0.717) is 11.6 Å². The van der Waals surface area contributed by atoms with E-state index in [1.165, 1.54) is 6.07 Å². The van der Waals surface area contributed by atoms with Crippen molar-refractivity contribution in [3.63, 3.8) is 0 Å². The molecule has 1 saturated heterocycles. The van der Waals surface area contributed by atoms with Crippen molar-refractivity contribution in [2.45, 2.75) is 18.8 Å². The van der Waals surface area contributed by atoms with E-state index in [1.54, 1.807) is 16.8 Å². The number of rotatable bonds is 1. The molecule has 0 unspecified atom stereocenters. The highest BCUT2D eigenvalue weighted by Gasteiger charge is 2.19. The maximum Gasteiger partial charge on any atom is 0.183 e. The molecule has 2 aromatic rings. The van der Waals surface area contributed by atoms with Crippen LogP contribution in [0.25, 0.3) is 5.65 Å². The van der Waals surface area contributed by atoms with E-state index in [-0.39, 0.29) is 5.43 Å². The van der Waals surface area contributed by atoms with Gasteiger partial charge < -0.3 is 4.74 Å². The van der Waals surface area contributed by atoms with Gasteiger partial charge in [-0.25, -0.2) is 9.50 Å². The van der Waals surface area contributed by atoms with Crippen LogP contribution in [0, 0.1) is 0 Å². The fraction of sp³-hybridized carbons (Fsp3) is 0.455. The summed E-state index contributed by atoms with van der Waals surface area (Å²) in [6.07, 6.45) is 3.70. The van der Waals surface area contributed by atoms with E-state index >= 15 is 0 Å². The van der Waals surface area contributed by atoms with Crippen molar-refractivity contribution < 1.29 is 4.74 Å². The second-order valence-corrected chi connectivity index (χ2v) is 4.09. The smallest absolute Gasteiger partial charge is 0.183 e. The van der Waals surface area contributed by atoms with Gasteiger partial charge in [0, 0.05) is 37.5 Å². The predicted molar refractivity (Wildman–Crippen MR) is 58.6 cm³/mol. The lowest BCUT2D eigenvalue weighted by atomic mass is 10.00. The summed E-state index contributed by atoms with van der Waals surface area (Å²) in [7, 11) is 0. The fourth-order valence-electron chi connectivity index (χ4n) is 2.08. The summed E-state index contributed by atoms with van der Waals surface area (Å²) in [5.74, 6) is 1.37. The van der Waals surface area contributed by atoms with Crippen molar-refractivity contribution in [3.05, 3.63) is 34.4 Å². The largest absolute Gasteiger partial charge is 0.381 e. The van der Waals surface area contributed by atoms with Crippen molar-refractivity contribution >= 4 is 5.65 Å². The maximum absolute atomic E-state index is 11.2. The molecule has 0 aromatic carbocycles. The number of H-pyrrole nitrogens is 1.